The fourth-order valence-electron chi connectivity index (χ4n) is 4.58. The number of aromatic nitrogens is 2. The summed E-state index contributed by atoms with van der Waals surface area (Å²) in [6.07, 6.45) is 4.95. The molecule has 4 rings (SSSR count). The normalized spacial score (nSPS) is 21.0. The van der Waals surface area contributed by atoms with E-state index < -0.39 is 5.54 Å². The van der Waals surface area contributed by atoms with Crippen LogP contribution in [0.3, 0.4) is 0 Å². The summed E-state index contributed by atoms with van der Waals surface area (Å²) in [5.74, 6) is -0.904. The maximum absolute atomic E-state index is 13.1. The summed E-state index contributed by atoms with van der Waals surface area (Å²) in [6, 6.07) is 11.1. The lowest BCUT2D eigenvalue weighted by atomic mass is 9.96. The molecule has 1 fully saturated rings. The van der Waals surface area contributed by atoms with Gasteiger partial charge in [-0.2, -0.15) is 5.10 Å². The van der Waals surface area contributed by atoms with Gasteiger partial charge in [0.1, 0.15) is 11.2 Å². The number of amides is 3. The third-order valence-corrected chi connectivity index (χ3v) is 6.93. The number of nitrogens with one attached hydrogen (secondary N) is 2. The van der Waals surface area contributed by atoms with Crippen LogP contribution in [0.15, 0.2) is 36.4 Å². The molecule has 0 aliphatic carbocycles. The Morgan fingerprint density at radius 1 is 1.06 bits per heavy atom. The van der Waals surface area contributed by atoms with Gasteiger partial charge in [0.25, 0.3) is 11.8 Å². The van der Waals surface area contributed by atoms with Gasteiger partial charge in [-0.3, -0.25) is 19.1 Å². The van der Waals surface area contributed by atoms with Crippen LogP contribution in [0.25, 0.3) is 0 Å². The fourth-order valence-corrected chi connectivity index (χ4v) is 4.58. The van der Waals surface area contributed by atoms with Crippen molar-refractivity contribution in [3.8, 4) is 0 Å². The number of carbonyl (C=O) groups is 3. The molecule has 3 heterocycles. The molecule has 2 aliphatic heterocycles. The minimum Gasteiger partial charge on any atom is -0.350 e. The minimum atomic E-state index is -1.12. The smallest absolute Gasteiger partial charge is 0.272 e. The summed E-state index contributed by atoms with van der Waals surface area (Å²) in [4.78, 5) is 42.7. The van der Waals surface area contributed by atoms with Gasteiger partial charge in [0.2, 0.25) is 5.91 Å². The third kappa shape index (κ3) is 5.14. The second-order valence-corrected chi connectivity index (χ2v) is 9.39. The van der Waals surface area contributed by atoms with E-state index in [1.807, 2.05) is 30.3 Å². The van der Waals surface area contributed by atoms with Gasteiger partial charge in [-0.15, -0.1) is 0 Å². The molecule has 2 aliphatic rings. The molecule has 9 nitrogen and oxygen atoms in total. The first-order chi connectivity index (χ1) is 16.4. The van der Waals surface area contributed by atoms with Crippen molar-refractivity contribution in [3.63, 3.8) is 0 Å². The van der Waals surface area contributed by atoms with Crippen LogP contribution in [-0.4, -0.2) is 76.1 Å². The number of likely N-dealkylation sites (tertiary alicyclic amines) is 1. The Morgan fingerprint density at radius 3 is 2.47 bits per heavy atom. The highest BCUT2D eigenvalue weighted by molar-refractivity contribution is 6.01. The number of carbonyl (C=O) groups excluding carboxylic acids is 3. The Kier molecular flexibility index (Phi) is 7.31. The van der Waals surface area contributed by atoms with Crippen LogP contribution in [0.1, 0.15) is 59.1 Å². The Bertz CT molecular complexity index is 1030. The maximum Gasteiger partial charge on any atom is 0.272 e. The molecule has 182 valence electrons. The molecule has 3 amide bonds. The van der Waals surface area contributed by atoms with Gasteiger partial charge in [0, 0.05) is 32.7 Å². The van der Waals surface area contributed by atoms with Crippen LogP contribution >= 0.6 is 0 Å². The van der Waals surface area contributed by atoms with E-state index in [9.17, 15) is 14.4 Å². The van der Waals surface area contributed by atoms with Crippen LogP contribution in [0.4, 0.5) is 0 Å². The standard InChI is InChI=1S/C25H34N6O3/c1-25(24(34)27-17-19-10-6-5-7-11-19)18-31-21(23(33)29(25)2)16-20(28-31)22(32)26-12-15-30-13-8-3-4-9-14-30/h5-7,10-11,16H,3-4,8-9,12-15,17-18H2,1-2H3,(H,26,32)(H,27,34). The molecule has 1 unspecified atom stereocenters. The largest absolute Gasteiger partial charge is 0.350 e. The van der Waals surface area contributed by atoms with Crippen LogP contribution in [0.2, 0.25) is 0 Å². The van der Waals surface area contributed by atoms with Crippen molar-refractivity contribution in [3.05, 3.63) is 53.3 Å². The Hall–Kier alpha value is -3.20. The van der Waals surface area contributed by atoms with Crippen LogP contribution in [-0.2, 0) is 17.9 Å². The Balaban J connectivity index is 1.38. The Morgan fingerprint density at radius 2 is 1.76 bits per heavy atom. The number of nitrogens with zero attached hydrogens (tertiary/aromatic N) is 4. The molecule has 2 aromatic rings. The number of hydrogen-bond acceptors (Lipinski definition) is 5. The SMILES string of the molecule is CN1C(=O)c2cc(C(=O)NCCN3CCCCCC3)nn2CC1(C)C(=O)NCc1ccccc1. The van der Waals surface area contributed by atoms with Crippen molar-refractivity contribution in [2.24, 2.45) is 0 Å². The van der Waals surface area contributed by atoms with E-state index in [1.165, 1.54) is 41.3 Å². The van der Waals surface area contributed by atoms with Crippen molar-refractivity contribution in [1.82, 2.24) is 30.2 Å². The molecule has 2 N–H and O–H groups in total. The Labute approximate surface area is 200 Å². The highest BCUT2D eigenvalue weighted by Crippen LogP contribution is 2.26. The number of benzene rings is 1. The van der Waals surface area contributed by atoms with E-state index in [-0.39, 0.29) is 30.0 Å². The number of fused-ring (bicyclic) bond motifs is 1. The zero-order valence-corrected chi connectivity index (χ0v) is 20.0. The molecule has 0 radical (unpaired) electrons. The monoisotopic (exact) mass is 466 g/mol. The van der Waals surface area contributed by atoms with Gasteiger partial charge in [-0.25, -0.2) is 0 Å². The average molecular weight is 467 g/mol. The molecule has 0 spiro atoms. The second-order valence-electron chi connectivity index (χ2n) is 9.39. The second kappa shape index (κ2) is 10.4. The van der Waals surface area contributed by atoms with Gasteiger partial charge in [0.15, 0.2) is 5.69 Å². The van der Waals surface area contributed by atoms with E-state index in [0.29, 0.717) is 18.8 Å². The molecule has 1 aromatic heterocycles. The fraction of sp³-hybridized carbons (Fsp3) is 0.520. The highest BCUT2D eigenvalue weighted by Gasteiger charge is 2.46. The molecule has 1 atom stereocenters. The molecule has 0 saturated carbocycles. The predicted octanol–water partition coefficient (Wildman–Crippen LogP) is 1.65. The molecule has 34 heavy (non-hydrogen) atoms. The molecular formula is C25H34N6O3. The topological polar surface area (TPSA) is 99.6 Å². The van der Waals surface area contributed by atoms with Crippen molar-refractivity contribution in [2.75, 3.05) is 33.2 Å². The van der Waals surface area contributed by atoms with E-state index in [0.717, 1.165) is 25.2 Å². The van der Waals surface area contributed by atoms with Crippen LogP contribution in [0.5, 0.6) is 0 Å². The molecule has 9 heteroatoms. The van der Waals surface area contributed by atoms with Gasteiger partial charge in [0.05, 0.1) is 6.54 Å². The zero-order valence-electron chi connectivity index (χ0n) is 20.0. The summed E-state index contributed by atoms with van der Waals surface area (Å²) >= 11 is 0. The van der Waals surface area contributed by atoms with Gasteiger partial charge < -0.3 is 20.4 Å². The highest BCUT2D eigenvalue weighted by atomic mass is 16.2. The molecule has 1 aromatic carbocycles. The number of rotatable bonds is 7. The average Bonchev–Trinajstić information content (AvgIpc) is 3.09. The van der Waals surface area contributed by atoms with Crippen molar-refractivity contribution < 1.29 is 14.4 Å². The van der Waals surface area contributed by atoms with E-state index >= 15 is 0 Å². The maximum atomic E-state index is 13.1. The van der Waals surface area contributed by atoms with Crippen molar-refractivity contribution >= 4 is 17.7 Å². The molecule has 0 bridgehead atoms. The van der Waals surface area contributed by atoms with Crippen molar-refractivity contribution in [1.29, 1.82) is 0 Å². The predicted molar refractivity (Wildman–Crippen MR) is 128 cm³/mol. The van der Waals surface area contributed by atoms with Crippen LogP contribution in [0, 0.1) is 0 Å². The number of likely N-dealkylation sites (N-methyl/N-ethyl adjacent to an activating group) is 1. The quantitative estimate of drug-likeness (QED) is 0.647. The van der Waals surface area contributed by atoms with Crippen LogP contribution < -0.4 is 10.6 Å². The zero-order chi connectivity index (χ0) is 24.1. The van der Waals surface area contributed by atoms with E-state index in [4.69, 9.17) is 0 Å². The summed E-state index contributed by atoms with van der Waals surface area (Å²) < 4.78 is 1.48. The lowest BCUT2D eigenvalue weighted by Gasteiger charge is -2.40. The minimum absolute atomic E-state index is 0.173. The molecular weight excluding hydrogens is 432 g/mol. The first-order valence-electron chi connectivity index (χ1n) is 12.1. The van der Waals surface area contributed by atoms with Gasteiger partial charge >= 0.3 is 0 Å². The molecule has 1 saturated heterocycles. The van der Waals surface area contributed by atoms with E-state index in [2.05, 4.69) is 20.6 Å². The summed E-state index contributed by atoms with van der Waals surface area (Å²) in [7, 11) is 1.61. The van der Waals surface area contributed by atoms with Gasteiger partial charge in [-0.1, -0.05) is 43.2 Å². The van der Waals surface area contributed by atoms with Gasteiger partial charge in [-0.05, 0) is 38.4 Å². The first-order valence-corrected chi connectivity index (χ1v) is 12.1. The summed E-state index contributed by atoms with van der Waals surface area (Å²) in [6.45, 7) is 5.74. The third-order valence-electron chi connectivity index (χ3n) is 6.93. The lowest BCUT2D eigenvalue weighted by molar-refractivity contribution is -0.132. The first kappa shape index (κ1) is 23.9. The summed E-state index contributed by atoms with van der Waals surface area (Å²) in [5, 5.41) is 10.2. The summed E-state index contributed by atoms with van der Waals surface area (Å²) in [5.41, 5.74) is 0.365. The van der Waals surface area contributed by atoms with Crippen molar-refractivity contribution in [2.45, 2.75) is 51.2 Å². The number of hydrogen-bond donors (Lipinski definition) is 2. The lowest BCUT2D eigenvalue weighted by Crippen LogP contribution is -2.62. The van der Waals surface area contributed by atoms with E-state index in [1.54, 1.807) is 14.0 Å².